The molecule has 1 amide bonds. The molecule has 0 heterocycles. The molecule has 2 rings (SSSR count). The van der Waals surface area contributed by atoms with Crippen molar-refractivity contribution in [1.82, 2.24) is 5.32 Å². The van der Waals surface area contributed by atoms with Gasteiger partial charge in [0.05, 0.1) is 14.2 Å². The first-order valence-corrected chi connectivity index (χ1v) is 8.73. The molecule has 0 saturated heterocycles. The quantitative estimate of drug-likeness (QED) is 0.518. The summed E-state index contributed by atoms with van der Waals surface area (Å²) < 4.78 is 51.9. The van der Waals surface area contributed by atoms with E-state index in [1.165, 1.54) is 32.4 Å². The third-order valence-corrected chi connectivity index (χ3v) is 3.96. The van der Waals surface area contributed by atoms with E-state index in [2.05, 4.69) is 10.1 Å². The van der Waals surface area contributed by atoms with Crippen molar-refractivity contribution in [3.63, 3.8) is 0 Å². The standard InChI is InChI=1S/C21H19F3N2O4/c1-28-18-8-7-14(11-19(18)29-2)9-10-26-20(27)16(13-25)12-15-5-3-4-6-17(15)30-21(22,23)24/h3-8,11-12H,9-10H2,1-2H3,(H,26,27)/b16-12+. The summed E-state index contributed by atoms with van der Waals surface area (Å²) in [4.78, 5) is 12.3. The first-order chi connectivity index (χ1) is 14.3. The molecule has 30 heavy (non-hydrogen) atoms. The topological polar surface area (TPSA) is 80.6 Å². The molecule has 0 bridgehead atoms. The number of para-hydroxylation sites is 1. The van der Waals surface area contributed by atoms with Crippen molar-refractivity contribution in [1.29, 1.82) is 5.26 Å². The lowest BCUT2D eigenvalue weighted by Gasteiger charge is -2.11. The average Bonchev–Trinajstić information content (AvgIpc) is 2.71. The molecular weight excluding hydrogens is 401 g/mol. The second kappa shape index (κ2) is 10.2. The van der Waals surface area contributed by atoms with Gasteiger partial charge in [-0.05, 0) is 36.3 Å². The molecule has 1 N–H and O–H groups in total. The number of ether oxygens (including phenoxy) is 3. The molecule has 0 aliphatic carbocycles. The Morgan fingerprint density at radius 3 is 2.43 bits per heavy atom. The van der Waals surface area contributed by atoms with Crippen LogP contribution in [-0.4, -0.2) is 33.0 Å². The van der Waals surface area contributed by atoms with Gasteiger partial charge in [0, 0.05) is 12.1 Å². The van der Waals surface area contributed by atoms with Gasteiger partial charge in [-0.3, -0.25) is 4.79 Å². The van der Waals surface area contributed by atoms with E-state index >= 15 is 0 Å². The zero-order valence-electron chi connectivity index (χ0n) is 16.2. The molecule has 158 valence electrons. The van der Waals surface area contributed by atoms with E-state index < -0.39 is 18.0 Å². The molecule has 2 aromatic rings. The van der Waals surface area contributed by atoms with E-state index in [1.54, 1.807) is 24.3 Å². The molecule has 0 spiro atoms. The maximum atomic E-state index is 12.5. The number of methoxy groups -OCH3 is 2. The Morgan fingerprint density at radius 2 is 1.80 bits per heavy atom. The maximum absolute atomic E-state index is 12.5. The number of hydrogen-bond donors (Lipinski definition) is 1. The van der Waals surface area contributed by atoms with Crippen LogP contribution in [-0.2, 0) is 11.2 Å². The Hall–Kier alpha value is -3.67. The molecule has 0 radical (unpaired) electrons. The summed E-state index contributed by atoms with van der Waals surface area (Å²) >= 11 is 0. The summed E-state index contributed by atoms with van der Waals surface area (Å²) in [6.07, 6.45) is -3.40. The molecule has 0 aromatic heterocycles. The number of nitriles is 1. The molecule has 0 unspecified atom stereocenters. The van der Waals surface area contributed by atoms with Crippen LogP contribution in [0.5, 0.6) is 17.2 Å². The Kier molecular flexibility index (Phi) is 7.69. The number of halogens is 3. The molecule has 9 heteroatoms. The Morgan fingerprint density at radius 1 is 1.10 bits per heavy atom. The lowest BCUT2D eigenvalue weighted by atomic mass is 10.1. The third-order valence-electron chi connectivity index (χ3n) is 3.96. The Labute approximate surface area is 171 Å². The third kappa shape index (κ3) is 6.44. The lowest BCUT2D eigenvalue weighted by molar-refractivity contribution is -0.274. The number of carbonyl (C=O) groups is 1. The summed E-state index contributed by atoms with van der Waals surface area (Å²) in [5, 5.41) is 11.8. The largest absolute Gasteiger partial charge is 0.573 e. The highest BCUT2D eigenvalue weighted by Gasteiger charge is 2.31. The van der Waals surface area contributed by atoms with Gasteiger partial charge in [-0.25, -0.2) is 0 Å². The van der Waals surface area contributed by atoms with Crippen molar-refractivity contribution in [3.05, 3.63) is 59.2 Å². The SMILES string of the molecule is COc1ccc(CCNC(=O)/C(C#N)=C/c2ccccc2OC(F)(F)F)cc1OC. The number of alkyl halides is 3. The molecule has 0 fully saturated rings. The second-order valence-corrected chi connectivity index (χ2v) is 5.95. The minimum absolute atomic E-state index is 0.0404. The fraction of sp³-hybridized carbons (Fsp3) is 0.238. The van der Waals surface area contributed by atoms with Crippen LogP contribution in [0.15, 0.2) is 48.0 Å². The fourth-order valence-electron chi connectivity index (χ4n) is 2.57. The van der Waals surface area contributed by atoms with Crippen LogP contribution in [0.25, 0.3) is 6.08 Å². The van der Waals surface area contributed by atoms with E-state index in [9.17, 15) is 23.2 Å². The van der Waals surface area contributed by atoms with Crippen molar-refractivity contribution in [2.45, 2.75) is 12.8 Å². The van der Waals surface area contributed by atoms with Crippen LogP contribution in [0, 0.1) is 11.3 Å². The van der Waals surface area contributed by atoms with Gasteiger partial charge in [0.15, 0.2) is 11.5 Å². The minimum Gasteiger partial charge on any atom is -0.493 e. The number of nitrogens with zero attached hydrogens (tertiary/aromatic N) is 1. The van der Waals surface area contributed by atoms with Crippen LogP contribution >= 0.6 is 0 Å². The van der Waals surface area contributed by atoms with Crippen molar-refractivity contribution < 1.29 is 32.2 Å². The zero-order chi connectivity index (χ0) is 22.1. The summed E-state index contributed by atoms with van der Waals surface area (Å²) in [5.74, 6) is -0.101. The van der Waals surface area contributed by atoms with Gasteiger partial charge in [-0.1, -0.05) is 24.3 Å². The first kappa shape index (κ1) is 22.6. The van der Waals surface area contributed by atoms with Gasteiger partial charge >= 0.3 is 6.36 Å². The molecule has 2 aromatic carbocycles. The molecule has 0 atom stereocenters. The average molecular weight is 420 g/mol. The molecule has 0 aliphatic rings. The van der Waals surface area contributed by atoms with Gasteiger partial charge in [-0.15, -0.1) is 13.2 Å². The van der Waals surface area contributed by atoms with Crippen LogP contribution in [0.3, 0.4) is 0 Å². The van der Waals surface area contributed by atoms with Crippen molar-refractivity contribution >= 4 is 12.0 Å². The minimum atomic E-state index is -4.89. The van der Waals surface area contributed by atoms with Crippen molar-refractivity contribution in [3.8, 4) is 23.3 Å². The maximum Gasteiger partial charge on any atom is 0.573 e. The van der Waals surface area contributed by atoms with Gasteiger partial charge < -0.3 is 19.5 Å². The number of rotatable bonds is 8. The van der Waals surface area contributed by atoms with Gasteiger partial charge in [0.1, 0.15) is 17.4 Å². The summed E-state index contributed by atoms with van der Waals surface area (Å²) in [7, 11) is 3.03. The molecular formula is C21H19F3N2O4. The normalized spacial score (nSPS) is 11.4. The smallest absolute Gasteiger partial charge is 0.493 e. The highest BCUT2D eigenvalue weighted by atomic mass is 19.4. The van der Waals surface area contributed by atoms with Gasteiger partial charge in [-0.2, -0.15) is 5.26 Å². The van der Waals surface area contributed by atoms with E-state index in [-0.39, 0.29) is 17.7 Å². The first-order valence-electron chi connectivity index (χ1n) is 8.73. The number of nitrogens with one attached hydrogen (secondary N) is 1. The van der Waals surface area contributed by atoms with E-state index in [0.29, 0.717) is 17.9 Å². The highest BCUT2D eigenvalue weighted by molar-refractivity contribution is 6.01. The van der Waals surface area contributed by atoms with Crippen LogP contribution in [0.1, 0.15) is 11.1 Å². The van der Waals surface area contributed by atoms with Crippen molar-refractivity contribution in [2.75, 3.05) is 20.8 Å². The molecule has 6 nitrogen and oxygen atoms in total. The van der Waals surface area contributed by atoms with E-state index in [4.69, 9.17) is 9.47 Å². The second-order valence-electron chi connectivity index (χ2n) is 5.95. The lowest BCUT2D eigenvalue weighted by Crippen LogP contribution is -2.26. The fourth-order valence-corrected chi connectivity index (χ4v) is 2.57. The number of benzene rings is 2. The van der Waals surface area contributed by atoms with Crippen LogP contribution in [0.2, 0.25) is 0 Å². The van der Waals surface area contributed by atoms with E-state index in [0.717, 1.165) is 17.7 Å². The molecule has 0 aliphatic heterocycles. The Bertz CT molecular complexity index is 965. The monoisotopic (exact) mass is 420 g/mol. The zero-order valence-corrected chi connectivity index (χ0v) is 16.2. The number of carbonyl (C=O) groups excluding carboxylic acids is 1. The van der Waals surface area contributed by atoms with E-state index in [1.807, 2.05) is 0 Å². The summed E-state index contributed by atoms with van der Waals surface area (Å²) in [5.41, 5.74) is 0.473. The highest BCUT2D eigenvalue weighted by Crippen LogP contribution is 2.28. The number of amides is 1. The predicted octanol–water partition coefficient (Wildman–Crippen LogP) is 3.87. The molecule has 0 saturated carbocycles. The predicted molar refractivity (Wildman–Crippen MR) is 103 cm³/mol. The Balaban J connectivity index is 2.07. The van der Waals surface area contributed by atoms with Crippen LogP contribution in [0.4, 0.5) is 13.2 Å². The van der Waals surface area contributed by atoms with Gasteiger partial charge in [0.25, 0.3) is 5.91 Å². The summed E-state index contributed by atoms with van der Waals surface area (Å²) in [6.45, 7) is 0.202. The van der Waals surface area contributed by atoms with Gasteiger partial charge in [0.2, 0.25) is 0 Å². The van der Waals surface area contributed by atoms with Crippen molar-refractivity contribution in [2.24, 2.45) is 0 Å². The number of hydrogen-bond acceptors (Lipinski definition) is 5. The van der Waals surface area contributed by atoms with Crippen LogP contribution < -0.4 is 19.5 Å². The summed E-state index contributed by atoms with van der Waals surface area (Å²) in [6, 6.07) is 12.2.